The molecule has 2 N–H and O–H groups in total. The summed E-state index contributed by atoms with van der Waals surface area (Å²) in [4.78, 5) is 26.4. The van der Waals surface area contributed by atoms with E-state index in [-0.39, 0.29) is 18.5 Å². The maximum atomic E-state index is 12.5. The normalized spacial score (nSPS) is 26.5. The van der Waals surface area contributed by atoms with E-state index < -0.39 is 0 Å². The molecule has 3 rings (SSSR count). The Morgan fingerprint density at radius 1 is 1.29 bits per heavy atom. The monoisotopic (exact) mass is 333 g/mol. The van der Waals surface area contributed by atoms with Crippen LogP contribution in [0.5, 0.6) is 0 Å². The number of furan rings is 1. The van der Waals surface area contributed by atoms with Crippen LogP contribution in [-0.4, -0.2) is 36.0 Å². The van der Waals surface area contributed by atoms with Gasteiger partial charge in [0.05, 0.1) is 19.4 Å². The zero-order valence-electron chi connectivity index (χ0n) is 14.3. The van der Waals surface area contributed by atoms with Crippen LogP contribution < -0.4 is 10.6 Å². The Kier molecular flexibility index (Phi) is 5.43. The number of hydrogen-bond acceptors (Lipinski definition) is 3. The summed E-state index contributed by atoms with van der Waals surface area (Å²) >= 11 is 0. The number of piperidine rings is 1. The molecule has 1 saturated heterocycles. The zero-order chi connectivity index (χ0) is 16.9. The number of urea groups is 1. The summed E-state index contributed by atoms with van der Waals surface area (Å²) in [5.74, 6) is 2.13. The topological polar surface area (TPSA) is 74.6 Å². The predicted molar refractivity (Wildman–Crippen MR) is 90.2 cm³/mol. The molecule has 1 aromatic rings. The molecule has 132 valence electrons. The number of carbonyl (C=O) groups excluding carboxylic acids is 2. The number of nitrogens with zero attached hydrogens (tertiary/aromatic N) is 1. The van der Waals surface area contributed by atoms with Crippen molar-refractivity contribution in [2.24, 2.45) is 11.8 Å². The fraction of sp³-hybridized carbons (Fsp3) is 0.667. The number of amides is 3. The molecule has 1 aliphatic heterocycles. The van der Waals surface area contributed by atoms with Crippen molar-refractivity contribution >= 4 is 11.9 Å². The Bertz CT molecular complexity index is 558. The molecule has 3 amide bonds. The van der Waals surface area contributed by atoms with E-state index in [2.05, 4.69) is 17.6 Å². The first-order chi connectivity index (χ1) is 11.6. The first-order valence-electron chi connectivity index (χ1n) is 8.97. The molecule has 0 spiro atoms. The van der Waals surface area contributed by atoms with Gasteiger partial charge in [0.15, 0.2) is 0 Å². The van der Waals surface area contributed by atoms with E-state index in [1.165, 1.54) is 19.3 Å². The second-order valence-electron chi connectivity index (χ2n) is 7.09. The molecule has 0 aromatic carbocycles. The van der Waals surface area contributed by atoms with E-state index in [0.717, 1.165) is 25.3 Å². The Hall–Kier alpha value is -1.98. The van der Waals surface area contributed by atoms with Gasteiger partial charge in [0.1, 0.15) is 5.76 Å². The maximum absolute atomic E-state index is 12.5. The first-order valence-corrected chi connectivity index (χ1v) is 8.97. The van der Waals surface area contributed by atoms with Crippen LogP contribution in [0.4, 0.5) is 4.79 Å². The van der Waals surface area contributed by atoms with Crippen LogP contribution in [0.25, 0.3) is 0 Å². The third-order valence-corrected chi connectivity index (χ3v) is 5.30. The Morgan fingerprint density at radius 2 is 2.17 bits per heavy atom. The lowest BCUT2D eigenvalue weighted by Crippen LogP contribution is -2.53. The number of fused-ring (bicyclic) bond motifs is 1. The fourth-order valence-corrected chi connectivity index (χ4v) is 4.10. The van der Waals surface area contributed by atoms with Crippen molar-refractivity contribution in [2.75, 3.05) is 13.1 Å². The Morgan fingerprint density at radius 3 is 2.96 bits per heavy atom. The molecule has 1 aliphatic carbocycles. The van der Waals surface area contributed by atoms with E-state index in [0.29, 0.717) is 24.3 Å². The van der Waals surface area contributed by atoms with Gasteiger partial charge in [-0.05, 0) is 56.1 Å². The smallest absolute Gasteiger partial charge is 0.315 e. The van der Waals surface area contributed by atoms with Crippen molar-refractivity contribution in [1.29, 1.82) is 0 Å². The van der Waals surface area contributed by atoms with Gasteiger partial charge in [-0.3, -0.25) is 4.79 Å². The largest absolute Gasteiger partial charge is 0.467 e. The third kappa shape index (κ3) is 4.10. The van der Waals surface area contributed by atoms with Gasteiger partial charge in [0.25, 0.3) is 0 Å². The summed E-state index contributed by atoms with van der Waals surface area (Å²) in [5, 5.41) is 5.35. The third-order valence-electron chi connectivity index (χ3n) is 5.30. The average molecular weight is 333 g/mol. The van der Waals surface area contributed by atoms with Crippen LogP contribution in [0.3, 0.4) is 0 Å². The minimum absolute atomic E-state index is 0.0346. The van der Waals surface area contributed by atoms with Crippen LogP contribution in [0.2, 0.25) is 0 Å². The van der Waals surface area contributed by atoms with Crippen molar-refractivity contribution in [3.05, 3.63) is 24.2 Å². The van der Waals surface area contributed by atoms with Crippen molar-refractivity contribution in [1.82, 2.24) is 15.5 Å². The van der Waals surface area contributed by atoms with E-state index in [4.69, 9.17) is 4.42 Å². The maximum Gasteiger partial charge on any atom is 0.315 e. The molecule has 1 aromatic heterocycles. The molecule has 6 nitrogen and oxygen atoms in total. The number of nitrogens with one attached hydrogen (secondary N) is 2. The van der Waals surface area contributed by atoms with Gasteiger partial charge in [0.2, 0.25) is 5.91 Å². The van der Waals surface area contributed by atoms with Crippen LogP contribution in [0, 0.1) is 11.8 Å². The minimum atomic E-state index is -0.342. The molecule has 3 atom stereocenters. The van der Waals surface area contributed by atoms with Gasteiger partial charge in [-0.2, -0.15) is 0 Å². The predicted octanol–water partition coefficient (Wildman–Crippen LogP) is 2.51. The van der Waals surface area contributed by atoms with E-state index in [1.807, 2.05) is 4.90 Å². The lowest BCUT2D eigenvalue weighted by Gasteiger charge is -2.45. The summed E-state index contributed by atoms with van der Waals surface area (Å²) in [6, 6.07) is 3.60. The molecule has 1 saturated carbocycles. The number of likely N-dealkylation sites (tertiary alicyclic amines) is 1. The number of carbonyl (C=O) groups is 2. The fourth-order valence-electron chi connectivity index (χ4n) is 4.10. The van der Waals surface area contributed by atoms with Gasteiger partial charge in [0, 0.05) is 12.6 Å². The molecule has 2 aliphatic rings. The Labute approximate surface area is 143 Å². The van der Waals surface area contributed by atoms with Crippen molar-refractivity contribution < 1.29 is 14.0 Å². The molecule has 0 radical (unpaired) electrons. The van der Waals surface area contributed by atoms with E-state index in [9.17, 15) is 9.59 Å². The second-order valence-corrected chi connectivity index (χ2v) is 7.09. The molecular formula is C18H27N3O3. The first kappa shape index (κ1) is 16.9. The van der Waals surface area contributed by atoms with Gasteiger partial charge in [-0.25, -0.2) is 4.79 Å². The van der Waals surface area contributed by atoms with Crippen LogP contribution in [0.1, 0.15) is 44.8 Å². The van der Waals surface area contributed by atoms with Crippen molar-refractivity contribution in [3.8, 4) is 0 Å². The van der Waals surface area contributed by atoms with Crippen LogP contribution >= 0.6 is 0 Å². The van der Waals surface area contributed by atoms with Crippen LogP contribution in [0.15, 0.2) is 22.8 Å². The molecule has 0 unspecified atom stereocenters. The lowest BCUT2D eigenvalue weighted by atomic mass is 9.74. The zero-order valence-corrected chi connectivity index (χ0v) is 14.3. The molecule has 2 fully saturated rings. The summed E-state index contributed by atoms with van der Waals surface area (Å²) in [6.07, 6.45) is 7.40. The second kappa shape index (κ2) is 7.73. The van der Waals surface area contributed by atoms with E-state index in [1.54, 1.807) is 18.4 Å². The van der Waals surface area contributed by atoms with Gasteiger partial charge >= 0.3 is 6.03 Å². The highest BCUT2D eigenvalue weighted by atomic mass is 16.3. The number of hydrogen-bond donors (Lipinski definition) is 2. The van der Waals surface area contributed by atoms with Crippen molar-refractivity contribution in [2.45, 2.75) is 51.6 Å². The molecule has 0 bridgehead atoms. The lowest BCUT2D eigenvalue weighted by molar-refractivity contribution is -0.136. The highest BCUT2D eigenvalue weighted by Gasteiger charge is 2.37. The molecular weight excluding hydrogens is 306 g/mol. The highest BCUT2D eigenvalue weighted by Crippen LogP contribution is 2.37. The summed E-state index contributed by atoms with van der Waals surface area (Å²) in [7, 11) is 0. The van der Waals surface area contributed by atoms with Crippen molar-refractivity contribution in [3.63, 3.8) is 0 Å². The van der Waals surface area contributed by atoms with E-state index >= 15 is 0 Å². The summed E-state index contributed by atoms with van der Waals surface area (Å²) in [5.41, 5.74) is 0. The molecule has 24 heavy (non-hydrogen) atoms. The number of rotatable bonds is 4. The van der Waals surface area contributed by atoms with Gasteiger partial charge < -0.3 is 20.0 Å². The quantitative estimate of drug-likeness (QED) is 0.889. The van der Waals surface area contributed by atoms with Crippen LogP contribution in [-0.2, 0) is 11.3 Å². The highest BCUT2D eigenvalue weighted by molar-refractivity contribution is 5.84. The standard InChI is InChI=1S/C18H27N3O3/c1-13-6-7-16-14(10-13)4-2-8-21(16)17(22)12-20-18(23)19-11-15-5-3-9-24-15/h3,5,9,13-14,16H,2,4,6-8,10-12H2,1H3,(H2,19,20,23)/t13-,14+,16+/m1/s1. The molecule has 6 heteroatoms. The summed E-state index contributed by atoms with van der Waals surface area (Å²) in [6.45, 7) is 3.51. The minimum Gasteiger partial charge on any atom is -0.467 e. The molecule has 2 heterocycles. The SMILES string of the molecule is C[C@@H]1CC[C@H]2[C@@H](CCCN2C(=O)CNC(=O)NCc2ccco2)C1. The Balaban J connectivity index is 1.44. The van der Waals surface area contributed by atoms with Gasteiger partial charge in [-0.15, -0.1) is 0 Å². The average Bonchev–Trinajstić information content (AvgIpc) is 3.10. The van der Waals surface area contributed by atoms with Gasteiger partial charge in [-0.1, -0.05) is 6.92 Å². The summed E-state index contributed by atoms with van der Waals surface area (Å²) < 4.78 is 5.15.